The Bertz CT molecular complexity index is 21.6. The third-order valence-corrected chi connectivity index (χ3v) is 0.0962. The quantitative estimate of drug-likeness (QED) is 0.446. The van der Waals surface area contributed by atoms with Crippen LogP contribution in [0.2, 0.25) is 0 Å². The lowest BCUT2D eigenvalue weighted by Crippen LogP contribution is -1.68. The van der Waals surface area contributed by atoms with Gasteiger partial charge >= 0.3 is 0 Å². The van der Waals surface area contributed by atoms with Gasteiger partial charge in [0, 0.05) is 0 Å². The van der Waals surface area contributed by atoms with Crippen LogP contribution in [0.25, 0.3) is 0 Å². The maximum absolute atomic E-state index is 8.95. The van der Waals surface area contributed by atoms with Gasteiger partial charge in [-0.25, -0.2) is 0 Å². The Labute approximate surface area is 30.5 Å². The molecule has 0 aromatic rings. The predicted molar refractivity (Wildman–Crippen MR) is 18.1 cm³/mol. The molecule has 0 heterocycles. The first-order chi connectivity index (χ1) is 1.91. The maximum atomic E-state index is 8.95. The van der Waals surface area contributed by atoms with Crippen molar-refractivity contribution in [3.63, 3.8) is 0 Å². The van der Waals surface area contributed by atoms with Crippen molar-refractivity contribution in [2.24, 2.45) is 0 Å². The Hall–Kier alpha value is -0.570. The summed E-state index contributed by atoms with van der Waals surface area (Å²) in [5, 5.41) is 0. The molecular formula is C2H7NO2. The average molecular weight is 77.1 g/mol. The second kappa shape index (κ2) is 9.90. The Kier molecular flexibility index (Phi) is 17.5. The Morgan fingerprint density at radius 2 is 2.00 bits per heavy atom. The van der Waals surface area contributed by atoms with Crippen molar-refractivity contribution in [2.75, 3.05) is 7.11 Å². The van der Waals surface area contributed by atoms with Crippen molar-refractivity contribution in [3.05, 3.63) is 0 Å². The van der Waals surface area contributed by atoms with E-state index >= 15 is 0 Å². The van der Waals surface area contributed by atoms with Crippen molar-refractivity contribution >= 4 is 6.47 Å². The molecule has 0 unspecified atom stereocenters. The smallest absolute Gasteiger partial charge is 0.292 e. The highest BCUT2D eigenvalue weighted by molar-refractivity contribution is 5.36. The van der Waals surface area contributed by atoms with Crippen LogP contribution in [0.1, 0.15) is 0 Å². The van der Waals surface area contributed by atoms with Crippen LogP contribution in [0.3, 0.4) is 0 Å². The molecule has 0 aliphatic rings. The summed E-state index contributed by atoms with van der Waals surface area (Å²) in [4.78, 5) is 8.95. The highest BCUT2D eigenvalue weighted by Crippen LogP contribution is 1.35. The monoisotopic (exact) mass is 77.0 g/mol. The highest BCUT2D eigenvalue weighted by atomic mass is 16.5. The molecule has 32 valence electrons. The number of ether oxygens (including phenoxy) is 1. The van der Waals surface area contributed by atoms with Crippen LogP contribution in [-0.4, -0.2) is 13.6 Å². The van der Waals surface area contributed by atoms with E-state index in [2.05, 4.69) is 4.74 Å². The van der Waals surface area contributed by atoms with E-state index in [1.807, 2.05) is 0 Å². The Balaban J connectivity index is 0. The summed E-state index contributed by atoms with van der Waals surface area (Å²) in [5.41, 5.74) is 0. The molecule has 0 bridgehead atoms. The molecule has 0 amide bonds. The van der Waals surface area contributed by atoms with E-state index in [0.717, 1.165) is 0 Å². The van der Waals surface area contributed by atoms with E-state index < -0.39 is 0 Å². The van der Waals surface area contributed by atoms with Gasteiger partial charge in [-0.15, -0.1) is 0 Å². The molecule has 3 heteroatoms. The van der Waals surface area contributed by atoms with Crippen LogP contribution in [0.4, 0.5) is 0 Å². The fourth-order valence-corrected chi connectivity index (χ4v) is 0. The topological polar surface area (TPSA) is 61.3 Å². The molecular weight excluding hydrogens is 70.0 g/mol. The van der Waals surface area contributed by atoms with Gasteiger partial charge in [0.15, 0.2) is 0 Å². The molecule has 0 rings (SSSR count). The lowest BCUT2D eigenvalue weighted by Gasteiger charge is -1.67. The first-order valence-electron chi connectivity index (χ1n) is 0.880. The lowest BCUT2D eigenvalue weighted by atomic mass is 11.5. The molecule has 3 N–H and O–H groups in total. The van der Waals surface area contributed by atoms with Gasteiger partial charge in [-0.05, 0) is 0 Å². The van der Waals surface area contributed by atoms with Crippen LogP contribution in [0, 0.1) is 0 Å². The summed E-state index contributed by atoms with van der Waals surface area (Å²) in [6.07, 6.45) is 0. The van der Waals surface area contributed by atoms with Crippen LogP contribution < -0.4 is 6.15 Å². The molecule has 0 spiro atoms. The van der Waals surface area contributed by atoms with Crippen molar-refractivity contribution in [2.45, 2.75) is 0 Å². The molecule has 0 fully saturated rings. The van der Waals surface area contributed by atoms with Crippen LogP contribution in [0.15, 0.2) is 0 Å². The molecule has 0 aliphatic carbocycles. The van der Waals surface area contributed by atoms with E-state index in [0.29, 0.717) is 6.47 Å². The van der Waals surface area contributed by atoms with Crippen molar-refractivity contribution in [3.8, 4) is 0 Å². The molecule has 0 aliphatic heterocycles. The third kappa shape index (κ3) is 37.9. The molecule has 0 atom stereocenters. The number of rotatable bonds is 1. The first kappa shape index (κ1) is 8.83. The van der Waals surface area contributed by atoms with E-state index in [1.165, 1.54) is 7.11 Å². The average Bonchev–Trinajstić information content (AvgIpc) is 1.37. The number of carbonyl (C=O) groups is 1. The van der Waals surface area contributed by atoms with Crippen molar-refractivity contribution < 1.29 is 9.53 Å². The van der Waals surface area contributed by atoms with Crippen molar-refractivity contribution in [1.82, 2.24) is 6.15 Å². The zero-order chi connectivity index (χ0) is 3.41. The van der Waals surface area contributed by atoms with Crippen LogP contribution in [0.5, 0.6) is 0 Å². The molecule has 0 saturated carbocycles. The second-order valence-electron chi connectivity index (χ2n) is 0.332. The molecule has 0 aromatic heterocycles. The summed E-state index contributed by atoms with van der Waals surface area (Å²) in [7, 11) is 1.31. The van der Waals surface area contributed by atoms with Crippen LogP contribution >= 0.6 is 0 Å². The van der Waals surface area contributed by atoms with Crippen molar-refractivity contribution in [1.29, 1.82) is 0 Å². The number of hydrogen-bond donors (Lipinski definition) is 1. The lowest BCUT2D eigenvalue weighted by molar-refractivity contribution is -0.126. The summed E-state index contributed by atoms with van der Waals surface area (Å²) in [6, 6.07) is 0. The summed E-state index contributed by atoms with van der Waals surface area (Å²) >= 11 is 0. The fraction of sp³-hybridized carbons (Fsp3) is 0.500. The van der Waals surface area contributed by atoms with Crippen LogP contribution in [-0.2, 0) is 9.53 Å². The molecule has 5 heavy (non-hydrogen) atoms. The third-order valence-electron chi connectivity index (χ3n) is 0.0962. The zero-order valence-corrected chi connectivity index (χ0v) is 3.10. The predicted octanol–water partition coefficient (Wildman–Crippen LogP) is -0.0488. The molecule has 0 aromatic carbocycles. The van der Waals surface area contributed by atoms with Gasteiger partial charge in [-0.1, -0.05) is 0 Å². The van der Waals surface area contributed by atoms with Gasteiger partial charge in [-0.3, -0.25) is 4.79 Å². The van der Waals surface area contributed by atoms with Gasteiger partial charge in [0.25, 0.3) is 6.47 Å². The first-order valence-corrected chi connectivity index (χ1v) is 0.880. The maximum Gasteiger partial charge on any atom is 0.292 e. The zero-order valence-electron chi connectivity index (χ0n) is 3.10. The summed E-state index contributed by atoms with van der Waals surface area (Å²) in [5.74, 6) is 0. The summed E-state index contributed by atoms with van der Waals surface area (Å²) < 4.78 is 3.86. The fourth-order valence-electron chi connectivity index (χ4n) is 0. The summed E-state index contributed by atoms with van der Waals surface area (Å²) in [6.45, 7) is 0.375. The number of carbonyl (C=O) groups excluding carboxylic acids is 1. The van der Waals surface area contributed by atoms with Gasteiger partial charge in [0.2, 0.25) is 0 Å². The molecule has 0 saturated heterocycles. The normalized spacial score (nSPS) is 4.20. The van der Waals surface area contributed by atoms with E-state index in [4.69, 9.17) is 4.79 Å². The minimum atomic E-state index is 0. The standard InChI is InChI=1S/C2H4O2.H3N/c1-4-2-3;/h2H,1H3;1H3. The second-order valence-corrected chi connectivity index (χ2v) is 0.332. The number of methoxy groups -OCH3 is 1. The van der Waals surface area contributed by atoms with E-state index in [-0.39, 0.29) is 6.15 Å². The largest absolute Gasteiger partial charge is 0.471 e. The van der Waals surface area contributed by atoms with E-state index in [9.17, 15) is 0 Å². The van der Waals surface area contributed by atoms with Gasteiger partial charge in [-0.2, -0.15) is 0 Å². The van der Waals surface area contributed by atoms with Gasteiger partial charge in [0.05, 0.1) is 7.11 Å². The van der Waals surface area contributed by atoms with Gasteiger partial charge in [0.1, 0.15) is 0 Å². The molecule has 0 radical (unpaired) electrons. The minimum absolute atomic E-state index is 0. The van der Waals surface area contributed by atoms with E-state index in [1.54, 1.807) is 0 Å². The highest BCUT2D eigenvalue weighted by Gasteiger charge is 1.44. The molecule has 3 nitrogen and oxygen atoms in total. The van der Waals surface area contributed by atoms with Gasteiger partial charge < -0.3 is 10.9 Å². The number of hydrogen-bond acceptors (Lipinski definition) is 3. The Morgan fingerprint density at radius 3 is 2.00 bits per heavy atom. The SMILES string of the molecule is COC=O.N. The minimum Gasteiger partial charge on any atom is -0.471 e. The Morgan fingerprint density at radius 1 is 1.80 bits per heavy atom.